The van der Waals surface area contributed by atoms with Gasteiger partial charge in [0.2, 0.25) is 17.7 Å². The molecule has 1 aliphatic rings. The summed E-state index contributed by atoms with van der Waals surface area (Å²) in [5.41, 5.74) is 1.01. The van der Waals surface area contributed by atoms with Crippen molar-refractivity contribution in [1.82, 2.24) is 19.9 Å². The van der Waals surface area contributed by atoms with E-state index in [2.05, 4.69) is 24.0 Å². The average Bonchev–Trinajstić information content (AvgIpc) is 3.03. The minimum Gasteiger partial charge on any atom is -0.339 e. The zero-order valence-corrected chi connectivity index (χ0v) is 15.4. The van der Waals surface area contributed by atoms with Gasteiger partial charge in [-0.05, 0) is 11.5 Å². The fourth-order valence-corrected chi connectivity index (χ4v) is 3.11. The van der Waals surface area contributed by atoms with Crippen LogP contribution in [0.2, 0.25) is 0 Å². The highest BCUT2D eigenvalue weighted by atomic mass is 16.5. The Balaban J connectivity index is 1.80. The number of piperazine rings is 1. The van der Waals surface area contributed by atoms with E-state index in [9.17, 15) is 9.59 Å². The highest BCUT2D eigenvalue weighted by Gasteiger charge is 2.38. The second-order valence-corrected chi connectivity index (χ2v) is 7.12. The van der Waals surface area contributed by atoms with Crippen molar-refractivity contribution >= 4 is 11.8 Å². The molecule has 1 saturated heterocycles. The summed E-state index contributed by atoms with van der Waals surface area (Å²) in [4.78, 5) is 32.7. The lowest BCUT2D eigenvalue weighted by molar-refractivity contribution is -0.155. The Kier molecular flexibility index (Phi) is 5.35. The molecule has 0 spiro atoms. The van der Waals surface area contributed by atoms with E-state index in [1.807, 2.05) is 30.3 Å². The highest BCUT2D eigenvalue weighted by Crippen LogP contribution is 2.19. The summed E-state index contributed by atoms with van der Waals surface area (Å²) in [5.74, 6) is 1.22. The lowest BCUT2D eigenvalue weighted by Gasteiger charge is -2.38. The average molecular weight is 356 g/mol. The second kappa shape index (κ2) is 7.68. The zero-order chi connectivity index (χ0) is 18.7. The fraction of sp³-hybridized carbons (Fsp3) is 0.474. The number of likely N-dealkylation sites (N-methyl/N-ethyl adjacent to an activating group) is 1. The Hall–Kier alpha value is -2.70. The first-order valence-electron chi connectivity index (χ1n) is 8.84. The number of rotatable bonds is 6. The van der Waals surface area contributed by atoms with Gasteiger partial charge >= 0.3 is 0 Å². The number of carbonyl (C=O) groups is 2. The number of nitrogens with zero attached hydrogens (tertiary/aromatic N) is 4. The molecule has 2 amide bonds. The highest BCUT2D eigenvalue weighted by molar-refractivity contribution is 5.94. The van der Waals surface area contributed by atoms with Crippen LogP contribution in [-0.4, -0.2) is 51.4 Å². The molecule has 0 bridgehead atoms. The van der Waals surface area contributed by atoms with Crippen LogP contribution in [0.3, 0.4) is 0 Å². The number of benzene rings is 1. The standard InChI is InChI=1S/C19H24N4O3/c1-13(2)9-17-20-16(21-26-17)11-23-15(10-14-7-5-4-6-8-14)19(25)22(3)12-18(23)24/h4-8,13,15H,9-12H2,1-3H3/t15-/m0/s1. The summed E-state index contributed by atoms with van der Waals surface area (Å²) in [6.07, 6.45) is 1.16. The SMILES string of the molecule is CC(C)Cc1nc(CN2C(=O)CN(C)C(=O)[C@@H]2Cc2ccccc2)no1. The lowest BCUT2D eigenvalue weighted by atomic mass is 10.0. The van der Waals surface area contributed by atoms with E-state index in [1.54, 1.807) is 11.9 Å². The third-order valence-electron chi connectivity index (χ3n) is 4.41. The Morgan fingerprint density at radius 2 is 1.96 bits per heavy atom. The van der Waals surface area contributed by atoms with Gasteiger partial charge in [0.15, 0.2) is 5.82 Å². The van der Waals surface area contributed by atoms with E-state index in [4.69, 9.17) is 4.52 Å². The van der Waals surface area contributed by atoms with Crippen molar-refractivity contribution in [1.29, 1.82) is 0 Å². The molecular weight excluding hydrogens is 332 g/mol. The van der Waals surface area contributed by atoms with Crippen LogP contribution in [0.5, 0.6) is 0 Å². The molecule has 1 aromatic heterocycles. The van der Waals surface area contributed by atoms with Crippen molar-refractivity contribution in [3.8, 4) is 0 Å². The molecule has 1 fully saturated rings. The molecule has 0 saturated carbocycles. The third-order valence-corrected chi connectivity index (χ3v) is 4.41. The van der Waals surface area contributed by atoms with E-state index in [0.29, 0.717) is 30.5 Å². The van der Waals surface area contributed by atoms with Crippen LogP contribution in [0.15, 0.2) is 34.9 Å². The molecular formula is C19H24N4O3. The number of hydrogen-bond donors (Lipinski definition) is 0. The van der Waals surface area contributed by atoms with Crippen LogP contribution in [0.1, 0.15) is 31.1 Å². The van der Waals surface area contributed by atoms with Gasteiger partial charge in [0.05, 0.1) is 13.1 Å². The van der Waals surface area contributed by atoms with Crippen molar-refractivity contribution in [2.24, 2.45) is 5.92 Å². The summed E-state index contributed by atoms with van der Waals surface area (Å²) >= 11 is 0. The number of amides is 2. The molecule has 0 unspecified atom stereocenters. The third kappa shape index (κ3) is 4.09. The van der Waals surface area contributed by atoms with Crippen LogP contribution in [-0.2, 0) is 29.0 Å². The molecule has 1 aliphatic heterocycles. The Bertz CT molecular complexity index is 772. The molecule has 0 radical (unpaired) electrons. The van der Waals surface area contributed by atoms with Crippen molar-refractivity contribution in [2.75, 3.05) is 13.6 Å². The van der Waals surface area contributed by atoms with Crippen molar-refractivity contribution in [2.45, 2.75) is 39.3 Å². The van der Waals surface area contributed by atoms with Gasteiger partial charge in [-0.3, -0.25) is 9.59 Å². The first-order valence-corrected chi connectivity index (χ1v) is 8.84. The van der Waals surface area contributed by atoms with E-state index < -0.39 is 6.04 Å². The lowest BCUT2D eigenvalue weighted by Crippen LogP contribution is -2.59. The zero-order valence-electron chi connectivity index (χ0n) is 15.4. The predicted molar refractivity (Wildman–Crippen MR) is 95.0 cm³/mol. The van der Waals surface area contributed by atoms with Crippen molar-refractivity contribution in [3.63, 3.8) is 0 Å². The second-order valence-electron chi connectivity index (χ2n) is 7.12. The van der Waals surface area contributed by atoms with Crippen LogP contribution in [0.25, 0.3) is 0 Å². The quantitative estimate of drug-likeness (QED) is 0.787. The minimum absolute atomic E-state index is 0.0700. The monoisotopic (exact) mass is 356 g/mol. The molecule has 0 aliphatic carbocycles. The van der Waals surface area contributed by atoms with E-state index >= 15 is 0 Å². The summed E-state index contributed by atoms with van der Waals surface area (Å²) in [6, 6.07) is 9.14. The number of hydrogen-bond acceptors (Lipinski definition) is 5. The maximum atomic E-state index is 12.7. The predicted octanol–water partition coefficient (Wildman–Crippen LogP) is 1.68. The Morgan fingerprint density at radius 1 is 1.23 bits per heavy atom. The maximum Gasteiger partial charge on any atom is 0.245 e. The van der Waals surface area contributed by atoms with Gasteiger partial charge in [-0.2, -0.15) is 4.98 Å². The van der Waals surface area contributed by atoms with Gasteiger partial charge in [0.25, 0.3) is 0 Å². The van der Waals surface area contributed by atoms with Crippen molar-refractivity contribution in [3.05, 3.63) is 47.6 Å². The molecule has 138 valence electrons. The summed E-state index contributed by atoms with van der Waals surface area (Å²) < 4.78 is 5.26. The first kappa shape index (κ1) is 18.1. The molecule has 1 aromatic carbocycles. The molecule has 2 heterocycles. The Morgan fingerprint density at radius 3 is 2.65 bits per heavy atom. The summed E-state index contributed by atoms with van der Waals surface area (Å²) in [5, 5.41) is 3.98. The van der Waals surface area contributed by atoms with Gasteiger partial charge in [-0.25, -0.2) is 0 Å². The summed E-state index contributed by atoms with van der Waals surface area (Å²) in [7, 11) is 1.66. The molecule has 0 N–H and O–H groups in total. The number of carbonyl (C=O) groups excluding carboxylic acids is 2. The molecule has 3 rings (SSSR count). The summed E-state index contributed by atoms with van der Waals surface area (Å²) in [6.45, 7) is 4.39. The molecule has 2 aromatic rings. The maximum absolute atomic E-state index is 12.7. The van der Waals surface area contributed by atoms with Crippen LogP contribution in [0.4, 0.5) is 0 Å². The van der Waals surface area contributed by atoms with Gasteiger partial charge in [0, 0.05) is 19.9 Å². The smallest absolute Gasteiger partial charge is 0.245 e. The van der Waals surface area contributed by atoms with E-state index in [-0.39, 0.29) is 24.9 Å². The Labute approximate surface area is 153 Å². The first-order chi connectivity index (χ1) is 12.4. The van der Waals surface area contributed by atoms with Crippen molar-refractivity contribution < 1.29 is 14.1 Å². The fourth-order valence-electron chi connectivity index (χ4n) is 3.11. The van der Waals surface area contributed by atoms with Gasteiger partial charge in [-0.1, -0.05) is 49.3 Å². The van der Waals surface area contributed by atoms with E-state index in [1.165, 1.54) is 4.90 Å². The largest absolute Gasteiger partial charge is 0.339 e. The minimum atomic E-state index is -0.560. The molecule has 7 heteroatoms. The van der Waals surface area contributed by atoms with Gasteiger partial charge < -0.3 is 14.3 Å². The molecule has 7 nitrogen and oxygen atoms in total. The van der Waals surface area contributed by atoms with Crippen LogP contribution < -0.4 is 0 Å². The molecule has 26 heavy (non-hydrogen) atoms. The van der Waals surface area contributed by atoms with Gasteiger partial charge in [-0.15, -0.1) is 0 Å². The van der Waals surface area contributed by atoms with Crippen LogP contribution in [0, 0.1) is 5.92 Å². The normalized spacial score (nSPS) is 18.1. The van der Waals surface area contributed by atoms with Gasteiger partial charge in [0.1, 0.15) is 6.04 Å². The van der Waals surface area contributed by atoms with E-state index in [0.717, 1.165) is 5.56 Å². The number of aromatic nitrogens is 2. The van der Waals surface area contributed by atoms with Crippen LogP contribution >= 0.6 is 0 Å². The topological polar surface area (TPSA) is 79.5 Å². The molecule has 1 atom stereocenters.